The van der Waals surface area contributed by atoms with Crippen molar-refractivity contribution in [1.82, 2.24) is 4.98 Å². The Morgan fingerprint density at radius 2 is 2.11 bits per heavy atom. The third-order valence-electron chi connectivity index (χ3n) is 2.42. The third kappa shape index (κ3) is 2.93. The maximum atomic E-state index is 10.6. The fraction of sp³-hybridized carbons (Fsp3) is 0.286. The minimum atomic E-state index is 0.0271. The summed E-state index contributed by atoms with van der Waals surface area (Å²) in [6.45, 7) is 3.86. The number of carbonyl (C=O) groups is 1. The van der Waals surface area contributed by atoms with E-state index in [0.29, 0.717) is 23.7 Å². The van der Waals surface area contributed by atoms with Crippen LogP contribution in [0.4, 0.5) is 0 Å². The van der Waals surface area contributed by atoms with Crippen molar-refractivity contribution in [2.45, 2.75) is 20.0 Å². The molecular formula is C14H15NO4. The van der Waals surface area contributed by atoms with Crippen LogP contribution in [0.3, 0.4) is 0 Å². The molecule has 1 heterocycles. The average molecular weight is 261 g/mol. The molecule has 0 aliphatic heterocycles. The number of hydrogen-bond donors (Lipinski definition) is 0. The van der Waals surface area contributed by atoms with E-state index in [1.807, 2.05) is 13.8 Å². The van der Waals surface area contributed by atoms with Crippen molar-refractivity contribution in [3.05, 3.63) is 30.2 Å². The summed E-state index contributed by atoms with van der Waals surface area (Å²) in [6, 6.07) is 5.35. The first-order valence-corrected chi connectivity index (χ1v) is 5.90. The predicted octanol–water partition coefficient (Wildman–Crippen LogP) is 2.95. The zero-order valence-corrected chi connectivity index (χ0v) is 11.0. The third-order valence-corrected chi connectivity index (χ3v) is 2.42. The molecule has 0 saturated carbocycles. The predicted molar refractivity (Wildman–Crippen MR) is 69.6 cm³/mol. The zero-order valence-electron chi connectivity index (χ0n) is 11.0. The highest BCUT2D eigenvalue weighted by Crippen LogP contribution is 2.32. The fourth-order valence-electron chi connectivity index (χ4n) is 1.63. The molecule has 0 aliphatic carbocycles. The SMILES string of the molecule is COc1ccc(-c2nc(C=O)co2)cc1OC(C)C. The van der Waals surface area contributed by atoms with Gasteiger partial charge in [0.2, 0.25) is 5.89 Å². The van der Waals surface area contributed by atoms with Gasteiger partial charge in [0, 0.05) is 5.56 Å². The molecule has 2 rings (SSSR count). The molecule has 0 radical (unpaired) electrons. The molecule has 1 aromatic heterocycles. The fourth-order valence-corrected chi connectivity index (χ4v) is 1.63. The van der Waals surface area contributed by atoms with Gasteiger partial charge < -0.3 is 13.9 Å². The van der Waals surface area contributed by atoms with E-state index in [2.05, 4.69) is 4.98 Å². The van der Waals surface area contributed by atoms with Gasteiger partial charge >= 0.3 is 0 Å². The number of aldehydes is 1. The van der Waals surface area contributed by atoms with Crippen LogP contribution in [0, 0.1) is 0 Å². The van der Waals surface area contributed by atoms with Gasteiger partial charge in [0.25, 0.3) is 0 Å². The van der Waals surface area contributed by atoms with Crippen LogP contribution in [-0.4, -0.2) is 24.5 Å². The van der Waals surface area contributed by atoms with E-state index in [1.165, 1.54) is 6.26 Å². The minimum Gasteiger partial charge on any atom is -0.493 e. The van der Waals surface area contributed by atoms with Crippen molar-refractivity contribution in [2.75, 3.05) is 7.11 Å². The molecule has 0 N–H and O–H groups in total. The van der Waals surface area contributed by atoms with Gasteiger partial charge in [-0.15, -0.1) is 0 Å². The molecule has 0 bridgehead atoms. The van der Waals surface area contributed by atoms with Gasteiger partial charge in [0.05, 0.1) is 13.2 Å². The number of methoxy groups -OCH3 is 1. The molecule has 0 spiro atoms. The topological polar surface area (TPSA) is 61.6 Å². The molecular weight excluding hydrogens is 246 g/mol. The first-order valence-electron chi connectivity index (χ1n) is 5.90. The van der Waals surface area contributed by atoms with Crippen molar-refractivity contribution in [2.24, 2.45) is 0 Å². The van der Waals surface area contributed by atoms with E-state index in [-0.39, 0.29) is 11.8 Å². The van der Waals surface area contributed by atoms with Gasteiger partial charge in [0.15, 0.2) is 17.8 Å². The summed E-state index contributed by atoms with van der Waals surface area (Å²) >= 11 is 0. The quantitative estimate of drug-likeness (QED) is 0.774. The Morgan fingerprint density at radius 3 is 2.68 bits per heavy atom. The highest BCUT2D eigenvalue weighted by atomic mass is 16.5. The Hall–Kier alpha value is -2.30. The van der Waals surface area contributed by atoms with E-state index in [4.69, 9.17) is 13.9 Å². The van der Waals surface area contributed by atoms with Crippen LogP contribution < -0.4 is 9.47 Å². The Bertz CT molecular complexity index is 575. The maximum Gasteiger partial charge on any atom is 0.226 e. The Morgan fingerprint density at radius 1 is 1.32 bits per heavy atom. The lowest BCUT2D eigenvalue weighted by Crippen LogP contribution is -2.06. The van der Waals surface area contributed by atoms with Crippen molar-refractivity contribution in [1.29, 1.82) is 0 Å². The minimum absolute atomic E-state index is 0.0271. The smallest absolute Gasteiger partial charge is 0.226 e. The summed E-state index contributed by atoms with van der Waals surface area (Å²) in [7, 11) is 1.58. The van der Waals surface area contributed by atoms with E-state index in [1.54, 1.807) is 25.3 Å². The van der Waals surface area contributed by atoms with Crippen molar-refractivity contribution < 1.29 is 18.7 Å². The van der Waals surface area contributed by atoms with E-state index < -0.39 is 0 Å². The van der Waals surface area contributed by atoms with E-state index in [9.17, 15) is 4.79 Å². The molecule has 19 heavy (non-hydrogen) atoms. The van der Waals surface area contributed by atoms with Gasteiger partial charge in [0.1, 0.15) is 12.0 Å². The molecule has 5 heteroatoms. The highest BCUT2D eigenvalue weighted by Gasteiger charge is 2.12. The number of rotatable bonds is 5. The summed E-state index contributed by atoms with van der Waals surface area (Å²) in [5.74, 6) is 1.62. The van der Waals surface area contributed by atoms with Gasteiger partial charge in [-0.1, -0.05) is 0 Å². The molecule has 0 aliphatic rings. The van der Waals surface area contributed by atoms with Crippen LogP contribution in [-0.2, 0) is 0 Å². The van der Waals surface area contributed by atoms with Crippen LogP contribution >= 0.6 is 0 Å². The second kappa shape index (κ2) is 5.56. The summed E-state index contributed by atoms with van der Waals surface area (Å²) in [4.78, 5) is 14.6. The molecule has 0 unspecified atom stereocenters. The monoisotopic (exact) mass is 261 g/mol. The van der Waals surface area contributed by atoms with Crippen molar-refractivity contribution in [3.8, 4) is 23.0 Å². The first kappa shape index (κ1) is 13.1. The standard InChI is InChI=1S/C14H15NO4/c1-9(2)19-13-6-10(4-5-12(13)17-3)14-15-11(7-16)8-18-14/h4-9H,1-3H3. The Labute approximate surface area is 111 Å². The number of oxazole rings is 1. The molecule has 5 nitrogen and oxygen atoms in total. The molecule has 0 fully saturated rings. The lowest BCUT2D eigenvalue weighted by molar-refractivity contribution is 0.111. The second-order valence-electron chi connectivity index (χ2n) is 4.23. The molecule has 0 atom stereocenters. The number of ether oxygens (including phenoxy) is 2. The van der Waals surface area contributed by atoms with Gasteiger partial charge in [-0.25, -0.2) is 4.98 Å². The number of nitrogens with zero attached hydrogens (tertiary/aromatic N) is 1. The van der Waals surface area contributed by atoms with Crippen molar-refractivity contribution in [3.63, 3.8) is 0 Å². The van der Waals surface area contributed by atoms with E-state index in [0.717, 1.165) is 5.56 Å². The van der Waals surface area contributed by atoms with Crippen LogP contribution in [0.2, 0.25) is 0 Å². The van der Waals surface area contributed by atoms with E-state index >= 15 is 0 Å². The molecule has 0 saturated heterocycles. The van der Waals surface area contributed by atoms with Gasteiger partial charge in [-0.3, -0.25) is 4.79 Å². The molecule has 0 amide bonds. The molecule has 100 valence electrons. The number of aromatic nitrogens is 1. The second-order valence-corrected chi connectivity index (χ2v) is 4.23. The average Bonchev–Trinajstić information content (AvgIpc) is 2.86. The molecule has 2 aromatic rings. The number of hydrogen-bond acceptors (Lipinski definition) is 5. The van der Waals surface area contributed by atoms with Gasteiger partial charge in [-0.05, 0) is 32.0 Å². The van der Waals surface area contributed by atoms with Crippen LogP contribution in [0.25, 0.3) is 11.5 Å². The lowest BCUT2D eigenvalue weighted by atomic mass is 10.2. The van der Waals surface area contributed by atoms with Crippen LogP contribution in [0.15, 0.2) is 28.9 Å². The van der Waals surface area contributed by atoms with Crippen LogP contribution in [0.5, 0.6) is 11.5 Å². The summed E-state index contributed by atoms with van der Waals surface area (Å²) in [6.07, 6.45) is 1.98. The zero-order chi connectivity index (χ0) is 13.8. The lowest BCUT2D eigenvalue weighted by Gasteiger charge is -2.13. The van der Waals surface area contributed by atoms with Gasteiger partial charge in [-0.2, -0.15) is 0 Å². The number of carbonyl (C=O) groups excluding carboxylic acids is 1. The van der Waals surface area contributed by atoms with Crippen molar-refractivity contribution >= 4 is 6.29 Å². The normalized spacial score (nSPS) is 10.5. The first-order chi connectivity index (χ1) is 9.13. The maximum absolute atomic E-state index is 10.6. The Balaban J connectivity index is 2.38. The largest absolute Gasteiger partial charge is 0.493 e. The summed E-state index contributed by atoms with van der Waals surface area (Å²) in [5.41, 5.74) is 0.988. The summed E-state index contributed by atoms with van der Waals surface area (Å²) in [5, 5.41) is 0. The highest BCUT2D eigenvalue weighted by molar-refractivity contribution is 5.72. The Kier molecular flexibility index (Phi) is 3.85. The number of benzene rings is 1. The van der Waals surface area contributed by atoms with Crippen LogP contribution in [0.1, 0.15) is 24.3 Å². The summed E-state index contributed by atoms with van der Waals surface area (Å²) < 4.78 is 16.1. The molecule has 1 aromatic carbocycles.